The third-order valence-electron chi connectivity index (χ3n) is 3.08. The van der Waals surface area contributed by atoms with E-state index in [1.807, 2.05) is 31.3 Å². The van der Waals surface area contributed by atoms with Gasteiger partial charge in [0, 0.05) is 16.0 Å². The van der Waals surface area contributed by atoms with E-state index in [4.69, 9.17) is 0 Å². The maximum absolute atomic E-state index is 12.6. The van der Waals surface area contributed by atoms with Crippen molar-refractivity contribution in [1.82, 2.24) is 4.57 Å². The molecular weight excluding hydrogens is 452 g/mol. The molecule has 4 nitrogen and oxygen atoms in total. The molecule has 0 unspecified atom stereocenters. The summed E-state index contributed by atoms with van der Waals surface area (Å²) in [6, 6.07) is 12.7. The van der Waals surface area contributed by atoms with E-state index >= 15 is 0 Å². The third-order valence-corrected chi connectivity index (χ3v) is 7.07. The van der Waals surface area contributed by atoms with Gasteiger partial charge in [0.05, 0.1) is 10.2 Å². The predicted molar refractivity (Wildman–Crippen MR) is 95.4 cm³/mol. The third kappa shape index (κ3) is 2.92. The van der Waals surface area contributed by atoms with Gasteiger partial charge in [-0.2, -0.15) is 8.42 Å². The maximum atomic E-state index is 12.6. The van der Waals surface area contributed by atoms with E-state index in [0.29, 0.717) is 13.7 Å². The van der Waals surface area contributed by atoms with Gasteiger partial charge < -0.3 is 4.57 Å². The molecule has 0 aliphatic carbocycles. The van der Waals surface area contributed by atoms with Crippen LogP contribution in [0.3, 0.4) is 0 Å². The van der Waals surface area contributed by atoms with Gasteiger partial charge >= 0.3 is 0 Å². The molecule has 114 valence electrons. The van der Waals surface area contributed by atoms with Gasteiger partial charge in [-0.05, 0) is 46.3 Å². The van der Waals surface area contributed by atoms with Crippen LogP contribution in [0.5, 0.6) is 0 Å². The highest BCUT2D eigenvalue weighted by molar-refractivity contribution is 9.11. The molecule has 22 heavy (non-hydrogen) atoms. The molecule has 1 aromatic heterocycles. The largest absolute Gasteiger partial charge is 0.319 e. The molecule has 0 fully saturated rings. The van der Waals surface area contributed by atoms with Gasteiger partial charge in [0.15, 0.2) is 0 Å². The van der Waals surface area contributed by atoms with E-state index in [1.165, 1.54) is 17.4 Å². The molecule has 0 saturated carbocycles. The highest BCUT2D eigenvalue weighted by Gasteiger charge is 2.18. The zero-order chi connectivity index (χ0) is 15.9. The second kappa shape index (κ2) is 5.92. The van der Waals surface area contributed by atoms with Crippen LogP contribution in [-0.2, 0) is 17.1 Å². The van der Waals surface area contributed by atoms with Gasteiger partial charge in [-0.25, -0.2) is 0 Å². The smallest absolute Gasteiger partial charge is 0.286 e. The molecule has 8 heteroatoms. The van der Waals surface area contributed by atoms with Crippen LogP contribution in [0.25, 0.3) is 10.2 Å². The number of sulfonamides is 1. The quantitative estimate of drug-likeness (QED) is 0.577. The fourth-order valence-electron chi connectivity index (χ4n) is 2.00. The lowest BCUT2D eigenvalue weighted by molar-refractivity contribution is 0.595. The Morgan fingerprint density at radius 3 is 2.59 bits per heavy atom. The number of para-hydroxylation sites is 1. The summed E-state index contributed by atoms with van der Waals surface area (Å²) in [4.78, 5) is 0.576. The summed E-state index contributed by atoms with van der Waals surface area (Å²) >= 11 is 7.90. The molecule has 2 aromatic carbocycles. The van der Waals surface area contributed by atoms with E-state index < -0.39 is 10.0 Å². The number of fused-ring (bicyclic) bond motifs is 1. The number of halogens is 2. The number of thiazole rings is 1. The summed E-state index contributed by atoms with van der Waals surface area (Å²) in [6.07, 6.45) is 0. The van der Waals surface area contributed by atoms with Crippen molar-refractivity contribution < 1.29 is 8.42 Å². The Bertz CT molecular complexity index is 1040. The molecule has 3 aromatic rings. The summed E-state index contributed by atoms with van der Waals surface area (Å²) in [6.45, 7) is 0. The first-order valence-electron chi connectivity index (χ1n) is 6.19. The molecule has 0 saturated heterocycles. The van der Waals surface area contributed by atoms with Gasteiger partial charge in [-0.15, -0.1) is 4.40 Å². The minimum Gasteiger partial charge on any atom is -0.319 e. The first-order valence-corrected chi connectivity index (χ1v) is 10.0. The van der Waals surface area contributed by atoms with E-state index in [2.05, 4.69) is 36.3 Å². The van der Waals surface area contributed by atoms with E-state index in [0.717, 1.165) is 10.2 Å². The first kappa shape index (κ1) is 15.9. The average molecular weight is 462 g/mol. The van der Waals surface area contributed by atoms with Crippen LogP contribution in [0.15, 0.2) is 60.7 Å². The molecule has 0 amide bonds. The van der Waals surface area contributed by atoms with Crippen LogP contribution in [0.2, 0.25) is 0 Å². The van der Waals surface area contributed by atoms with Gasteiger partial charge in [-0.3, -0.25) is 0 Å². The fraction of sp³-hybridized carbons (Fsp3) is 0.0714. The molecule has 1 heterocycles. The zero-order valence-electron chi connectivity index (χ0n) is 11.3. The van der Waals surface area contributed by atoms with Crippen LogP contribution < -0.4 is 4.80 Å². The topological polar surface area (TPSA) is 51.4 Å². The van der Waals surface area contributed by atoms with Gasteiger partial charge in [-0.1, -0.05) is 39.4 Å². The molecule has 0 radical (unpaired) electrons. The second-order valence-electron chi connectivity index (χ2n) is 4.55. The number of aromatic nitrogens is 1. The van der Waals surface area contributed by atoms with Crippen molar-refractivity contribution in [2.24, 2.45) is 11.4 Å². The number of hydrogen-bond donors (Lipinski definition) is 0. The Kier molecular flexibility index (Phi) is 4.28. The highest BCUT2D eigenvalue weighted by atomic mass is 79.9. The Hall–Kier alpha value is -0.960. The highest BCUT2D eigenvalue weighted by Crippen LogP contribution is 2.27. The van der Waals surface area contributed by atoms with Crippen LogP contribution in [0, 0.1) is 0 Å². The van der Waals surface area contributed by atoms with Crippen molar-refractivity contribution in [2.45, 2.75) is 4.90 Å². The summed E-state index contributed by atoms with van der Waals surface area (Å²) in [5, 5.41) is 0. The average Bonchev–Trinajstić information content (AvgIpc) is 2.78. The van der Waals surface area contributed by atoms with Gasteiger partial charge in [0.2, 0.25) is 4.80 Å². The normalized spacial score (nSPS) is 13.0. The van der Waals surface area contributed by atoms with Crippen LogP contribution >= 0.6 is 43.2 Å². The lowest BCUT2D eigenvalue weighted by Crippen LogP contribution is -2.13. The second-order valence-corrected chi connectivity index (χ2v) is 8.90. The standard InChI is InChI=1S/C14H10Br2N2O2S2/c1-18-11-4-2-3-5-12(11)21-14(18)17-22(19,20)13-8-9(15)6-7-10(13)16/h2-8H,1H3. The number of nitrogens with zero attached hydrogens (tertiary/aromatic N) is 2. The van der Waals surface area contributed by atoms with Crippen LogP contribution in [0.4, 0.5) is 0 Å². The molecule has 0 aliphatic heterocycles. The number of hydrogen-bond acceptors (Lipinski definition) is 3. The van der Waals surface area contributed by atoms with E-state index in [1.54, 1.807) is 16.7 Å². The van der Waals surface area contributed by atoms with Gasteiger partial charge in [0.1, 0.15) is 4.90 Å². The first-order chi connectivity index (χ1) is 10.4. The van der Waals surface area contributed by atoms with E-state index in [-0.39, 0.29) is 4.90 Å². The van der Waals surface area contributed by atoms with Gasteiger partial charge in [0.25, 0.3) is 10.0 Å². The Labute approximate surface area is 148 Å². The van der Waals surface area contributed by atoms with Crippen LogP contribution in [0.1, 0.15) is 0 Å². The van der Waals surface area contributed by atoms with Crippen molar-refractivity contribution in [3.05, 3.63) is 56.2 Å². The molecule has 0 bridgehead atoms. The Morgan fingerprint density at radius 1 is 1.14 bits per heavy atom. The minimum absolute atomic E-state index is 0.138. The number of rotatable bonds is 2. The molecule has 0 atom stereocenters. The Morgan fingerprint density at radius 2 is 1.86 bits per heavy atom. The van der Waals surface area contributed by atoms with Crippen molar-refractivity contribution in [3.63, 3.8) is 0 Å². The molecule has 3 rings (SSSR count). The van der Waals surface area contributed by atoms with Crippen molar-refractivity contribution in [2.75, 3.05) is 0 Å². The Balaban J connectivity index is 2.25. The van der Waals surface area contributed by atoms with Crippen molar-refractivity contribution in [3.8, 4) is 0 Å². The maximum Gasteiger partial charge on any atom is 0.286 e. The fourth-order valence-corrected chi connectivity index (χ4v) is 5.72. The lowest BCUT2D eigenvalue weighted by Gasteiger charge is -2.02. The minimum atomic E-state index is -3.80. The molecule has 0 N–H and O–H groups in total. The lowest BCUT2D eigenvalue weighted by atomic mass is 10.3. The van der Waals surface area contributed by atoms with E-state index in [9.17, 15) is 8.42 Å². The monoisotopic (exact) mass is 460 g/mol. The number of aryl methyl sites for hydroxylation is 1. The molecular formula is C14H10Br2N2O2S2. The van der Waals surface area contributed by atoms with Crippen molar-refractivity contribution in [1.29, 1.82) is 0 Å². The van der Waals surface area contributed by atoms with Crippen LogP contribution in [-0.4, -0.2) is 13.0 Å². The molecule has 0 aliphatic rings. The summed E-state index contributed by atoms with van der Waals surface area (Å²) in [5.74, 6) is 0. The summed E-state index contributed by atoms with van der Waals surface area (Å²) in [5.41, 5.74) is 0.953. The SMILES string of the molecule is Cn1c(=NS(=O)(=O)c2cc(Br)ccc2Br)sc2ccccc21. The van der Waals surface area contributed by atoms with Crippen molar-refractivity contribution >= 4 is 63.4 Å². The summed E-state index contributed by atoms with van der Waals surface area (Å²) < 4.78 is 33.1. The zero-order valence-corrected chi connectivity index (χ0v) is 16.1. The predicted octanol–water partition coefficient (Wildman–Crippen LogP) is 4.05. The molecule has 0 spiro atoms. The summed E-state index contributed by atoms with van der Waals surface area (Å²) in [7, 11) is -1.99. The number of benzene rings is 2.